The Balaban J connectivity index is 1.31. The number of amides is 1. The topological polar surface area (TPSA) is 107 Å². The second-order valence-corrected chi connectivity index (χ2v) is 9.72. The summed E-state index contributed by atoms with van der Waals surface area (Å²) in [5.41, 5.74) is 15.7. The van der Waals surface area contributed by atoms with E-state index in [2.05, 4.69) is 39.0 Å². The number of carbonyl (C=O) groups is 1. The van der Waals surface area contributed by atoms with E-state index in [1.807, 2.05) is 13.0 Å². The van der Waals surface area contributed by atoms with E-state index < -0.39 is 11.7 Å². The molecule has 1 amide bonds. The molecule has 2 fully saturated rings. The molecule has 0 spiro atoms. The maximum atomic E-state index is 11.8. The molecule has 1 aromatic carbocycles. The molecule has 0 atom stereocenters. The van der Waals surface area contributed by atoms with Gasteiger partial charge in [-0.2, -0.15) is 0 Å². The van der Waals surface area contributed by atoms with E-state index in [0.29, 0.717) is 23.8 Å². The smallest absolute Gasteiger partial charge is 0.260 e. The van der Waals surface area contributed by atoms with Gasteiger partial charge in [0.1, 0.15) is 9.71 Å². The molecule has 2 aliphatic heterocycles. The summed E-state index contributed by atoms with van der Waals surface area (Å²) in [5, 5.41) is 0.832. The molecular formula is C24H29N5O3S. The fourth-order valence-corrected chi connectivity index (χ4v) is 5.68. The van der Waals surface area contributed by atoms with Crippen LogP contribution >= 0.6 is 11.3 Å². The number of carbonyl (C=O) groups excluding carboxylic acids is 1. The van der Waals surface area contributed by atoms with E-state index in [4.69, 9.17) is 20.9 Å². The summed E-state index contributed by atoms with van der Waals surface area (Å²) >= 11 is 1.26. The van der Waals surface area contributed by atoms with Crippen molar-refractivity contribution < 1.29 is 14.3 Å². The van der Waals surface area contributed by atoms with Crippen LogP contribution in [0.2, 0.25) is 0 Å². The van der Waals surface area contributed by atoms with Crippen molar-refractivity contribution in [3.63, 3.8) is 0 Å². The standard InChI is InChI=1S/C24H29N5O3S/c1-24(31-13-14-32-24)15-16-3-5-17(6-4-16)28-9-2-10-29(12-11-28)18-7-8-27-23-19(18)20(25)21(33-23)22(26)30/h3-8H,2,9-15,25H2,1H3,(H2,26,30). The first-order valence-corrected chi connectivity index (χ1v) is 12.1. The number of hydrogen-bond donors (Lipinski definition) is 2. The van der Waals surface area contributed by atoms with E-state index in [-0.39, 0.29) is 0 Å². The maximum absolute atomic E-state index is 11.8. The van der Waals surface area contributed by atoms with Gasteiger partial charge in [0, 0.05) is 44.5 Å². The van der Waals surface area contributed by atoms with Crippen molar-refractivity contribution in [2.45, 2.75) is 25.6 Å². The second-order valence-electron chi connectivity index (χ2n) is 8.72. The predicted molar refractivity (Wildman–Crippen MR) is 132 cm³/mol. The summed E-state index contributed by atoms with van der Waals surface area (Å²) in [4.78, 5) is 22.1. The minimum atomic E-state index is -0.515. The Kier molecular flexibility index (Phi) is 5.86. The van der Waals surface area contributed by atoms with Gasteiger partial charge < -0.3 is 30.7 Å². The van der Waals surface area contributed by atoms with Crippen LogP contribution < -0.4 is 21.3 Å². The Morgan fingerprint density at radius 2 is 1.79 bits per heavy atom. The molecule has 2 aromatic heterocycles. The first kappa shape index (κ1) is 21.9. The monoisotopic (exact) mass is 467 g/mol. The number of pyridine rings is 1. The fourth-order valence-electron chi connectivity index (χ4n) is 4.75. The number of ether oxygens (including phenoxy) is 2. The van der Waals surface area contributed by atoms with Gasteiger partial charge in [-0.3, -0.25) is 4.79 Å². The largest absolute Gasteiger partial charge is 0.397 e. The van der Waals surface area contributed by atoms with Gasteiger partial charge in [-0.05, 0) is 37.1 Å². The number of benzene rings is 1. The van der Waals surface area contributed by atoms with E-state index in [1.165, 1.54) is 22.6 Å². The quantitative estimate of drug-likeness (QED) is 0.594. The summed E-state index contributed by atoms with van der Waals surface area (Å²) in [5.74, 6) is -1.02. The summed E-state index contributed by atoms with van der Waals surface area (Å²) in [7, 11) is 0. The van der Waals surface area contributed by atoms with Crippen LogP contribution in [0.5, 0.6) is 0 Å². The SMILES string of the molecule is CC1(Cc2ccc(N3CCCN(c4ccnc5sc(C(N)=O)c(N)c45)CC3)cc2)OCCO1. The van der Waals surface area contributed by atoms with Crippen LogP contribution in [0.4, 0.5) is 17.1 Å². The first-order chi connectivity index (χ1) is 15.9. The van der Waals surface area contributed by atoms with Crippen LogP contribution in [0.1, 0.15) is 28.6 Å². The van der Waals surface area contributed by atoms with Crippen molar-refractivity contribution in [3.05, 3.63) is 47.0 Å². The molecule has 2 saturated heterocycles. The van der Waals surface area contributed by atoms with Crippen LogP contribution in [0.25, 0.3) is 10.2 Å². The molecule has 0 aliphatic carbocycles. The highest BCUT2D eigenvalue weighted by atomic mass is 32.1. The van der Waals surface area contributed by atoms with Crippen molar-refractivity contribution in [2.24, 2.45) is 5.73 Å². The van der Waals surface area contributed by atoms with Gasteiger partial charge in [-0.1, -0.05) is 12.1 Å². The average Bonchev–Trinajstić information content (AvgIpc) is 3.28. The summed E-state index contributed by atoms with van der Waals surface area (Å²) < 4.78 is 11.5. The number of primary amides is 1. The normalized spacial score (nSPS) is 18.6. The highest BCUT2D eigenvalue weighted by molar-refractivity contribution is 7.21. The lowest BCUT2D eigenvalue weighted by Gasteiger charge is -2.26. The highest BCUT2D eigenvalue weighted by Crippen LogP contribution is 2.38. The fraction of sp³-hybridized carbons (Fsp3) is 0.417. The lowest BCUT2D eigenvalue weighted by Crippen LogP contribution is -2.31. The predicted octanol–water partition coefficient (Wildman–Crippen LogP) is 3.00. The highest BCUT2D eigenvalue weighted by Gasteiger charge is 2.31. The van der Waals surface area contributed by atoms with Crippen molar-refractivity contribution >= 4 is 44.5 Å². The van der Waals surface area contributed by atoms with Crippen LogP contribution in [-0.2, 0) is 15.9 Å². The van der Waals surface area contributed by atoms with Crippen molar-refractivity contribution in [1.29, 1.82) is 0 Å². The van der Waals surface area contributed by atoms with E-state index in [0.717, 1.165) is 54.9 Å². The third-order valence-electron chi connectivity index (χ3n) is 6.39. The second kappa shape index (κ2) is 8.81. The zero-order chi connectivity index (χ0) is 23.0. The Hall–Kier alpha value is -2.88. The number of thiophene rings is 1. The van der Waals surface area contributed by atoms with Crippen LogP contribution in [-0.4, -0.2) is 56.1 Å². The lowest BCUT2D eigenvalue weighted by molar-refractivity contribution is -0.140. The maximum Gasteiger partial charge on any atom is 0.260 e. The lowest BCUT2D eigenvalue weighted by atomic mass is 10.1. The van der Waals surface area contributed by atoms with Crippen LogP contribution in [0.15, 0.2) is 36.5 Å². The Morgan fingerprint density at radius 3 is 2.52 bits per heavy atom. The molecular weight excluding hydrogens is 438 g/mol. The Morgan fingerprint density at radius 1 is 1.09 bits per heavy atom. The molecule has 2 aliphatic rings. The number of nitrogens with two attached hydrogens (primary N) is 2. The molecule has 3 aromatic rings. The summed E-state index contributed by atoms with van der Waals surface area (Å²) in [6, 6.07) is 10.7. The minimum absolute atomic E-state index is 0.378. The molecule has 33 heavy (non-hydrogen) atoms. The van der Waals surface area contributed by atoms with Gasteiger partial charge in [-0.15, -0.1) is 11.3 Å². The molecule has 9 heteroatoms. The van der Waals surface area contributed by atoms with E-state index in [9.17, 15) is 4.79 Å². The van der Waals surface area contributed by atoms with Crippen LogP contribution in [0, 0.1) is 0 Å². The Bertz CT molecular complexity index is 1160. The van der Waals surface area contributed by atoms with Gasteiger partial charge in [0.25, 0.3) is 5.91 Å². The minimum Gasteiger partial charge on any atom is -0.397 e. The van der Waals surface area contributed by atoms with Crippen molar-refractivity contribution in [1.82, 2.24) is 4.98 Å². The van der Waals surface area contributed by atoms with Gasteiger partial charge >= 0.3 is 0 Å². The number of nitrogens with zero attached hydrogens (tertiary/aromatic N) is 3. The number of nitrogen functional groups attached to an aromatic ring is 1. The molecule has 0 radical (unpaired) electrons. The number of aromatic nitrogens is 1. The van der Waals surface area contributed by atoms with Crippen LogP contribution in [0.3, 0.4) is 0 Å². The molecule has 4 heterocycles. The number of anilines is 3. The average molecular weight is 468 g/mol. The third-order valence-corrected chi connectivity index (χ3v) is 7.52. The number of fused-ring (bicyclic) bond motifs is 1. The summed E-state index contributed by atoms with van der Waals surface area (Å²) in [6.07, 6.45) is 3.53. The van der Waals surface area contributed by atoms with E-state index >= 15 is 0 Å². The van der Waals surface area contributed by atoms with E-state index in [1.54, 1.807) is 6.20 Å². The first-order valence-electron chi connectivity index (χ1n) is 11.3. The molecule has 5 rings (SSSR count). The zero-order valence-corrected chi connectivity index (χ0v) is 19.6. The molecule has 0 unspecified atom stereocenters. The number of rotatable bonds is 5. The molecule has 0 saturated carbocycles. The Labute approximate surface area is 197 Å². The summed E-state index contributed by atoms with van der Waals surface area (Å²) in [6.45, 7) is 6.93. The molecule has 8 nitrogen and oxygen atoms in total. The van der Waals surface area contributed by atoms with Gasteiger partial charge in [0.2, 0.25) is 0 Å². The molecule has 174 valence electrons. The third kappa shape index (κ3) is 4.36. The molecule has 0 bridgehead atoms. The zero-order valence-electron chi connectivity index (χ0n) is 18.8. The van der Waals surface area contributed by atoms with Crippen molar-refractivity contribution in [3.8, 4) is 0 Å². The molecule has 4 N–H and O–H groups in total. The van der Waals surface area contributed by atoms with Crippen molar-refractivity contribution in [2.75, 3.05) is 54.9 Å². The number of hydrogen-bond acceptors (Lipinski definition) is 8. The van der Waals surface area contributed by atoms with Gasteiger partial charge in [-0.25, -0.2) is 4.98 Å². The van der Waals surface area contributed by atoms with Gasteiger partial charge in [0.15, 0.2) is 5.79 Å². The van der Waals surface area contributed by atoms with Gasteiger partial charge in [0.05, 0.1) is 30.0 Å².